The maximum Gasteiger partial charge on any atom is 0.191 e. The lowest BCUT2D eigenvalue weighted by Crippen LogP contribution is -2.34. The molecule has 0 aromatic heterocycles. The topological polar surface area (TPSA) is 29.1 Å². The van der Waals surface area contributed by atoms with Gasteiger partial charge in [0.1, 0.15) is 0 Å². The highest BCUT2D eigenvalue weighted by Crippen LogP contribution is 2.38. The Bertz CT molecular complexity index is 763. The molecule has 25 heavy (non-hydrogen) atoms. The van der Waals surface area contributed by atoms with E-state index in [-0.39, 0.29) is 24.2 Å². The maximum absolute atomic E-state index is 12.9. The van der Waals surface area contributed by atoms with Crippen LogP contribution in [0.5, 0.6) is 0 Å². The molecule has 2 aromatic rings. The van der Waals surface area contributed by atoms with Crippen LogP contribution in [0, 0.1) is 0 Å². The second kappa shape index (κ2) is 7.99. The molecule has 0 spiro atoms. The van der Waals surface area contributed by atoms with E-state index in [1.807, 2.05) is 36.4 Å². The Balaban J connectivity index is 0.00000182. The van der Waals surface area contributed by atoms with Gasteiger partial charge < -0.3 is 5.32 Å². The molecule has 0 amide bonds. The highest BCUT2D eigenvalue weighted by molar-refractivity contribution is 6.16. The molecular weight excluding hydrogens is 330 g/mol. The van der Waals surface area contributed by atoms with E-state index in [4.69, 9.17) is 0 Å². The van der Waals surface area contributed by atoms with Crippen molar-refractivity contribution in [1.29, 1.82) is 0 Å². The molecule has 0 bridgehead atoms. The van der Waals surface area contributed by atoms with Crippen molar-refractivity contribution in [2.75, 3.05) is 0 Å². The standard InChI is InChI=1S/C22H23NO.ClH/c24-22-19-14-8-7-13-18(19)21(23-17-11-5-2-6-12-17)20(22)15-16-9-3-1-4-10-16;/h1,3-4,7-10,13-15,17,21,23H,2,5-6,11-12H2;1H/b20-15-;. The second-order valence-electron chi connectivity index (χ2n) is 6.86. The van der Waals surface area contributed by atoms with E-state index in [9.17, 15) is 4.79 Å². The van der Waals surface area contributed by atoms with Gasteiger partial charge in [0, 0.05) is 17.2 Å². The van der Waals surface area contributed by atoms with Crippen LogP contribution < -0.4 is 5.32 Å². The molecule has 0 heterocycles. The zero-order chi connectivity index (χ0) is 16.4. The molecule has 130 valence electrons. The van der Waals surface area contributed by atoms with Crippen molar-refractivity contribution in [3.05, 3.63) is 76.9 Å². The largest absolute Gasteiger partial charge is 0.303 e. The van der Waals surface area contributed by atoms with Gasteiger partial charge in [-0.3, -0.25) is 4.79 Å². The van der Waals surface area contributed by atoms with Crippen LogP contribution in [0.3, 0.4) is 0 Å². The molecular formula is C22H24ClNO. The van der Waals surface area contributed by atoms with Gasteiger partial charge in [0.15, 0.2) is 5.78 Å². The summed E-state index contributed by atoms with van der Waals surface area (Å²) in [6.45, 7) is 0. The van der Waals surface area contributed by atoms with Gasteiger partial charge in [0.05, 0.1) is 6.04 Å². The first-order valence-corrected chi connectivity index (χ1v) is 8.99. The number of carbonyl (C=O) groups is 1. The Kier molecular flexibility index (Phi) is 5.72. The van der Waals surface area contributed by atoms with Gasteiger partial charge in [0.2, 0.25) is 0 Å². The number of halogens is 1. The SMILES string of the molecule is Cl.O=C1/C(=C\c2ccccc2)C(NC2CCCCC2)c2ccccc21. The third-order valence-corrected chi connectivity index (χ3v) is 5.22. The summed E-state index contributed by atoms with van der Waals surface area (Å²) in [7, 11) is 0. The second-order valence-corrected chi connectivity index (χ2v) is 6.86. The molecule has 1 N–H and O–H groups in total. The summed E-state index contributed by atoms with van der Waals surface area (Å²) in [4.78, 5) is 12.9. The molecule has 3 heteroatoms. The van der Waals surface area contributed by atoms with E-state index in [1.54, 1.807) is 0 Å². The molecule has 0 radical (unpaired) electrons. The molecule has 0 saturated heterocycles. The summed E-state index contributed by atoms with van der Waals surface area (Å²) in [5.41, 5.74) is 3.96. The van der Waals surface area contributed by atoms with Crippen LogP contribution in [-0.4, -0.2) is 11.8 Å². The lowest BCUT2D eigenvalue weighted by atomic mass is 9.93. The Morgan fingerprint density at radius 2 is 1.56 bits per heavy atom. The number of rotatable bonds is 3. The molecule has 0 aliphatic heterocycles. The van der Waals surface area contributed by atoms with E-state index in [2.05, 4.69) is 29.6 Å². The third kappa shape index (κ3) is 3.70. The molecule has 1 atom stereocenters. The summed E-state index contributed by atoms with van der Waals surface area (Å²) in [5, 5.41) is 3.79. The van der Waals surface area contributed by atoms with E-state index >= 15 is 0 Å². The van der Waals surface area contributed by atoms with Gasteiger partial charge in [-0.05, 0) is 30.0 Å². The predicted molar refractivity (Wildman–Crippen MR) is 105 cm³/mol. The summed E-state index contributed by atoms with van der Waals surface area (Å²) in [5.74, 6) is 0.169. The highest BCUT2D eigenvalue weighted by Gasteiger charge is 2.35. The fourth-order valence-electron chi connectivity index (χ4n) is 3.97. The normalized spacial score (nSPS) is 21.8. The number of hydrogen-bond donors (Lipinski definition) is 1. The van der Waals surface area contributed by atoms with Crippen molar-refractivity contribution in [3.63, 3.8) is 0 Å². The quantitative estimate of drug-likeness (QED) is 0.753. The van der Waals surface area contributed by atoms with E-state index < -0.39 is 0 Å². The lowest BCUT2D eigenvalue weighted by molar-refractivity contribution is 0.103. The van der Waals surface area contributed by atoms with Crippen LogP contribution in [0.4, 0.5) is 0 Å². The van der Waals surface area contributed by atoms with Crippen molar-refractivity contribution in [2.24, 2.45) is 0 Å². The number of benzene rings is 2. The number of Topliss-reactive ketones (excluding diaryl/α,β-unsaturated/α-hetero) is 1. The van der Waals surface area contributed by atoms with Gasteiger partial charge in [-0.1, -0.05) is 73.9 Å². The molecule has 4 rings (SSSR count). The number of fused-ring (bicyclic) bond motifs is 1. The van der Waals surface area contributed by atoms with Crippen molar-refractivity contribution in [2.45, 2.75) is 44.2 Å². The number of ketones is 1. The summed E-state index contributed by atoms with van der Waals surface area (Å²) in [6.07, 6.45) is 8.40. The molecule has 1 unspecified atom stereocenters. The van der Waals surface area contributed by atoms with Gasteiger partial charge in [-0.15, -0.1) is 12.4 Å². The van der Waals surface area contributed by atoms with Gasteiger partial charge in [-0.2, -0.15) is 0 Å². The van der Waals surface area contributed by atoms with E-state index in [0.29, 0.717) is 6.04 Å². The first-order valence-electron chi connectivity index (χ1n) is 8.99. The van der Waals surface area contributed by atoms with Crippen molar-refractivity contribution < 1.29 is 4.79 Å². The van der Waals surface area contributed by atoms with Crippen LogP contribution in [0.25, 0.3) is 6.08 Å². The Labute approximate surface area is 155 Å². The van der Waals surface area contributed by atoms with E-state index in [1.165, 1.54) is 32.1 Å². The van der Waals surface area contributed by atoms with Crippen molar-refractivity contribution >= 4 is 24.3 Å². The Morgan fingerprint density at radius 3 is 2.32 bits per heavy atom. The van der Waals surface area contributed by atoms with Crippen LogP contribution >= 0.6 is 12.4 Å². The fourth-order valence-corrected chi connectivity index (χ4v) is 3.97. The summed E-state index contributed by atoms with van der Waals surface area (Å²) in [6, 6.07) is 18.7. The zero-order valence-corrected chi connectivity index (χ0v) is 15.1. The van der Waals surface area contributed by atoms with Crippen LogP contribution in [0.2, 0.25) is 0 Å². The maximum atomic E-state index is 12.9. The molecule has 2 aliphatic rings. The molecule has 2 nitrogen and oxygen atoms in total. The number of nitrogens with one attached hydrogen (secondary N) is 1. The fraction of sp³-hybridized carbons (Fsp3) is 0.318. The minimum Gasteiger partial charge on any atom is -0.303 e. The third-order valence-electron chi connectivity index (χ3n) is 5.22. The van der Waals surface area contributed by atoms with Crippen molar-refractivity contribution in [3.8, 4) is 0 Å². The minimum absolute atomic E-state index is 0. The average molecular weight is 354 g/mol. The van der Waals surface area contributed by atoms with Gasteiger partial charge >= 0.3 is 0 Å². The Morgan fingerprint density at radius 1 is 0.880 bits per heavy atom. The zero-order valence-electron chi connectivity index (χ0n) is 14.3. The monoisotopic (exact) mass is 353 g/mol. The summed E-state index contributed by atoms with van der Waals surface area (Å²) < 4.78 is 0. The summed E-state index contributed by atoms with van der Waals surface area (Å²) >= 11 is 0. The van der Waals surface area contributed by atoms with Crippen molar-refractivity contribution in [1.82, 2.24) is 5.32 Å². The molecule has 2 aromatic carbocycles. The number of hydrogen-bond acceptors (Lipinski definition) is 2. The van der Waals surface area contributed by atoms with Crippen LogP contribution in [0.1, 0.15) is 59.6 Å². The first kappa shape index (κ1) is 17.9. The molecule has 1 fully saturated rings. The lowest BCUT2D eigenvalue weighted by Gasteiger charge is -2.27. The molecule has 2 aliphatic carbocycles. The Hall–Kier alpha value is -1.90. The van der Waals surface area contributed by atoms with Crippen LogP contribution in [0.15, 0.2) is 60.2 Å². The minimum atomic E-state index is 0. The predicted octanol–water partition coefficient (Wildman–Crippen LogP) is 5.35. The van der Waals surface area contributed by atoms with E-state index in [0.717, 1.165) is 22.3 Å². The molecule has 1 saturated carbocycles. The van der Waals surface area contributed by atoms with Gasteiger partial charge in [-0.25, -0.2) is 0 Å². The first-order chi connectivity index (χ1) is 11.8. The average Bonchev–Trinajstić information content (AvgIpc) is 2.90. The number of carbonyl (C=O) groups excluding carboxylic acids is 1. The highest BCUT2D eigenvalue weighted by atomic mass is 35.5. The smallest absolute Gasteiger partial charge is 0.191 e. The van der Waals surface area contributed by atoms with Gasteiger partial charge in [0.25, 0.3) is 0 Å². The van der Waals surface area contributed by atoms with Crippen LogP contribution in [-0.2, 0) is 0 Å².